The molecule has 0 fully saturated rings. The molecule has 0 aromatic heterocycles. The fraction of sp³-hybridized carbons (Fsp3) is 0.133. The van der Waals surface area contributed by atoms with Gasteiger partial charge in [0.15, 0.2) is 23.3 Å². The Morgan fingerprint density at radius 3 is 1.33 bits per heavy atom. The highest BCUT2D eigenvalue weighted by Gasteiger charge is 2.58. The van der Waals surface area contributed by atoms with E-state index < -0.39 is 52.0 Å². The fourth-order valence-corrected chi connectivity index (χ4v) is 1.93. The van der Waals surface area contributed by atoms with Gasteiger partial charge in [0, 0.05) is 0 Å². The van der Waals surface area contributed by atoms with Crippen LogP contribution < -0.4 is 0 Å². The van der Waals surface area contributed by atoms with E-state index in [2.05, 4.69) is 0 Å². The molecule has 0 aliphatic rings. The van der Waals surface area contributed by atoms with Crippen molar-refractivity contribution in [1.29, 1.82) is 0 Å². The molecule has 0 aliphatic carbocycles. The second kappa shape index (κ2) is 5.88. The maximum atomic E-state index is 14.0. The summed E-state index contributed by atoms with van der Waals surface area (Å²) in [4.78, 5) is 11.5. The molecule has 0 saturated carbocycles. The Hall–Kier alpha value is -2.45. The molecular weight excluding hydrogens is 348 g/mol. The van der Waals surface area contributed by atoms with Crippen LogP contribution in [0.25, 0.3) is 0 Å². The van der Waals surface area contributed by atoms with Gasteiger partial charge in [-0.15, -0.1) is 0 Å². The summed E-state index contributed by atoms with van der Waals surface area (Å²) in [5, 5.41) is 0. The normalized spacial score (nSPS) is 12.3. The summed E-state index contributed by atoms with van der Waals surface area (Å²) < 4.78 is 109. The van der Waals surface area contributed by atoms with Crippen molar-refractivity contribution < 1.29 is 39.9 Å². The van der Waals surface area contributed by atoms with Gasteiger partial charge in [-0.1, -0.05) is 12.1 Å². The van der Waals surface area contributed by atoms with Gasteiger partial charge in [0.25, 0.3) is 5.78 Å². The lowest BCUT2D eigenvalue weighted by Crippen LogP contribution is -2.40. The highest BCUT2D eigenvalue weighted by atomic mass is 19.3. The second-order valence-corrected chi connectivity index (χ2v) is 4.68. The molecule has 9 heteroatoms. The lowest BCUT2D eigenvalue weighted by molar-refractivity contribution is -0.173. The van der Waals surface area contributed by atoms with Crippen LogP contribution in [0.5, 0.6) is 0 Å². The van der Waals surface area contributed by atoms with Crippen LogP contribution in [0.1, 0.15) is 11.1 Å². The molecule has 1 nitrogen and oxygen atoms in total. The number of hydrogen-bond acceptors (Lipinski definition) is 1. The third-order valence-electron chi connectivity index (χ3n) is 3.15. The lowest BCUT2D eigenvalue weighted by atomic mass is 9.94. The first-order valence-electron chi connectivity index (χ1n) is 6.20. The SMILES string of the molecule is O=C(C(F)(F)c1cccc(F)c1F)C(F)(F)c1cccc(F)c1F. The van der Waals surface area contributed by atoms with E-state index in [1.165, 1.54) is 0 Å². The molecule has 0 heterocycles. The van der Waals surface area contributed by atoms with E-state index in [0.717, 1.165) is 0 Å². The third kappa shape index (κ3) is 2.74. The monoisotopic (exact) mass is 354 g/mol. The number of alkyl halides is 4. The van der Waals surface area contributed by atoms with Crippen LogP contribution >= 0.6 is 0 Å². The fourth-order valence-electron chi connectivity index (χ4n) is 1.93. The molecular formula is C15H6F8O. The quantitative estimate of drug-likeness (QED) is 0.728. The van der Waals surface area contributed by atoms with Crippen LogP contribution in [0.2, 0.25) is 0 Å². The minimum absolute atomic E-state index is 0.230. The molecule has 0 aliphatic heterocycles. The van der Waals surface area contributed by atoms with Crippen LogP contribution in [-0.2, 0) is 16.6 Å². The molecule has 0 atom stereocenters. The summed E-state index contributed by atoms with van der Waals surface area (Å²) in [5.41, 5.74) is -3.88. The minimum Gasteiger partial charge on any atom is -0.285 e. The average Bonchev–Trinajstić information content (AvgIpc) is 2.51. The van der Waals surface area contributed by atoms with Crippen molar-refractivity contribution in [2.24, 2.45) is 0 Å². The number of carbonyl (C=O) groups excluding carboxylic acids is 1. The van der Waals surface area contributed by atoms with Crippen molar-refractivity contribution in [3.05, 3.63) is 70.8 Å². The molecule has 0 N–H and O–H groups in total. The van der Waals surface area contributed by atoms with Gasteiger partial charge in [0.05, 0.1) is 11.1 Å². The standard InChI is InChI=1S/C15H6F8O/c16-9-5-1-3-7(11(9)18)14(20,21)13(24)15(22,23)8-4-2-6-10(17)12(8)19/h1-6H. The predicted octanol–water partition coefficient (Wildman–Crippen LogP) is 4.70. The first kappa shape index (κ1) is 17.9. The summed E-state index contributed by atoms with van der Waals surface area (Å²) in [6.07, 6.45) is 0. The molecule has 0 spiro atoms. The zero-order chi connectivity index (χ0) is 18.3. The molecule has 0 unspecified atom stereocenters. The second-order valence-electron chi connectivity index (χ2n) is 4.68. The van der Waals surface area contributed by atoms with Crippen molar-refractivity contribution in [2.45, 2.75) is 11.8 Å². The van der Waals surface area contributed by atoms with Crippen LogP contribution in [0.4, 0.5) is 35.1 Å². The number of rotatable bonds is 4. The van der Waals surface area contributed by atoms with Crippen LogP contribution in [0.15, 0.2) is 36.4 Å². The van der Waals surface area contributed by atoms with E-state index in [9.17, 15) is 39.9 Å². The number of hydrogen-bond donors (Lipinski definition) is 0. The highest BCUT2D eigenvalue weighted by molar-refractivity contribution is 5.93. The van der Waals surface area contributed by atoms with Gasteiger partial charge in [-0.3, -0.25) is 4.79 Å². The first-order chi connectivity index (χ1) is 11.0. The minimum atomic E-state index is -5.19. The average molecular weight is 354 g/mol. The third-order valence-corrected chi connectivity index (χ3v) is 3.15. The van der Waals surface area contributed by atoms with Crippen molar-refractivity contribution in [3.8, 4) is 0 Å². The Kier molecular flexibility index (Phi) is 4.38. The van der Waals surface area contributed by atoms with Crippen LogP contribution in [0, 0.1) is 23.3 Å². The van der Waals surface area contributed by atoms with E-state index in [0.29, 0.717) is 24.3 Å². The Balaban J connectivity index is 2.56. The zero-order valence-electron chi connectivity index (χ0n) is 11.4. The molecule has 0 saturated heterocycles. The predicted molar refractivity (Wildman–Crippen MR) is 65.5 cm³/mol. The number of carbonyl (C=O) groups is 1. The molecule has 2 aromatic carbocycles. The van der Waals surface area contributed by atoms with Crippen LogP contribution in [0.3, 0.4) is 0 Å². The molecule has 0 radical (unpaired) electrons. The molecule has 2 rings (SSSR count). The highest BCUT2D eigenvalue weighted by Crippen LogP contribution is 2.42. The Morgan fingerprint density at radius 2 is 1.00 bits per heavy atom. The number of benzene rings is 2. The molecule has 128 valence electrons. The van der Waals surface area contributed by atoms with Gasteiger partial charge in [-0.05, 0) is 24.3 Å². The van der Waals surface area contributed by atoms with E-state index in [-0.39, 0.29) is 12.1 Å². The Bertz CT molecular complexity index is 735. The van der Waals surface area contributed by atoms with Crippen molar-refractivity contribution in [3.63, 3.8) is 0 Å². The maximum Gasteiger partial charge on any atom is 0.339 e. The molecule has 2 aromatic rings. The van der Waals surface area contributed by atoms with E-state index in [1.54, 1.807) is 0 Å². The smallest absolute Gasteiger partial charge is 0.285 e. The molecule has 0 bridgehead atoms. The summed E-state index contributed by atoms with van der Waals surface area (Å²) >= 11 is 0. The zero-order valence-corrected chi connectivity index (χ0v) is 11.4. The Labute approximate surface area is 129 Å². The van der Waals surface area contributed by atoms with E-state index >= 15 is 0 Å². The number of ketones is 1. The van der Waals surface area contributed by atoms with E-state index in [4.69, 9.17) is 0 Å². The van der Waals surface area contributed by atoms with E-state index in [1.807, 2.05) is 0 Å². The van der Waals surface area contributed by atoms with Gasteiger partial charge in [-0.25, -0.2) is 17.6 Å². The van der Waals surface area contributed by atoms with Crippen molar-refractivity contribution in [1.82, 2.24) is 0 Å². The maximum absolute atomic E-state index is 14.0. The number of Topliss-reactive ketones (excluding diaryl/α,β-unsaturated/α-hetero) is 1. The van der Waals surface area contributed by atoms with Gasteiger partial charge in [0.1, 0.15) is 0 Å². The summed E-state index contributed by atoms with van der Waals surface area (Å²) in [5.74, 6) is -21.6. The molecule has 24 heavy (non-hydrogen) atoms. The van der Waals surface area contributed by atoms with Crippen molar-refractivity contribution in [2.75, 3.05) is 0 Å². The number of halogens is 8. The summed E-state index contributed by atoms with van der Waals surface area (Å²) in [7, 11) is 0. The van der Waals surface area contributed by atoms with Crippen LogP contribution in [-0.4, -0.2) is 5.78 Å². The lowest BCUT2D eigenvalue weighted by Gasteiger charge is -2.23. The van der Waals surface area contributed by atoms with Gasteiger partial charge < -0.3 is 0 Å². The van der Waals surface area contributed by atoms with Crippen molar-refractivity contribution >= 4 is 5.78 Å². The molecule has 0 amide bonds. The summed E-state index contributed by atoms with van der Waals surface area (Å²) in [6, 6.07) is 2.49. The summed E-state index contributed by atoms with van der Waals surface area (Å²) in [6.45, 7) is 0. The largest absolute Gasteiger partial charge is 0.339 e. The van der Waals surface area contributed by atoms with Gasteiger partial charge in [0.2, 0.25) is 0 Å². The van der Waals surface area contributed by atoms with Gasteiger partial charge >= 0.3 is 11.8 Å². The van der Waals surface area contributed by atoms with Gasteiger partial charge in [-0.2, -0.15) is 17.6 Å². The Morgan fingerprint density at radius 1 is 0.667 bits per heavy atom. The first-order valence-corrected chi connectivity index (χ1v) is 6.20. The topological polar surface area (TPSA) is 17.1 Å².